The van der Waals surface area contributed by atoms with Crippen LogP contribution in [-0.2, 0) is 0 Å². The minimum atomic E-state index is 0.340. The lowest BCUT2D eigenvalue weighted by Crippen LogP contribution is -2.04. The van der Waals surface area contributed by atoms with E-state index in [2.05, 4.69) is 28.4 Å². The standard InChI is InChI=1S/C13H16N6/c1-2-3-6-17-13-11(9-14)12(15)19(18-13)10-4-7-16-8-5-10/h4-5,7-8H,2-3,6,15H2,1H3,(H,17,18). The Labute approximate surface area is 111 Å². The molecule has 19 heavy (non-hydrogen) atoms. The molecule has 2 rings (SSSR count). The fourth-order valence-electron chi connectivity index (χ4n) is 1.73. The third-order valence-corrected chi connectivity index (χ3v) is 2.76. The highest BCUT2D eigenvalue weighted by Crippen LogP contribution is 2.23. The Morgan fingerprint density at radius 2 is 2.16 bits per heavy atom. The number of nitriles is 1. The zero-order valence-corrected chi connectivity index (χ0v) is 10.8. The fourth-order valence-corrected chi connectivity index (χ4v) is 1.73. The van der Waals surface area contributed by atoms with E-state index in [1.54, 1.807) is 29.2 Å². The smallest absolute Gasteiger partial charge is 0.168 e. The minimum Gasteiger partial charge on any atom is -0.382 e. The SMILES string of the molecule is CCCCNc1nn(-c2ccncc2)c(N)c1C#N. The van der Waals surface area contributed by atoms with E-state index in [4.69, 9.17) is 5.73 Å². The molecule has 6 nitrogen and oxygen atoms in total. The number of hydrogen-bond donors (Lipinski definition) is 2. The second-order valence-corrected chi connectivity index (χ2v) is 4.12. The lowest BCUT2D eigenvalue weighted by Gasteiger charge is -2.02. The first-order chi connectivity index (χ1) is 9.27. The number of hydrogen-bond acceptors (Lipinski definition) is 5. The van der Waals surface area contributed by atoms with Gasteiger partial charge in [0, 0.05) is 18.9 Å². The van der Waals surface area contributed by atoms with Crippen LogP contribution in [0.2, 0.25) is 0 Å². The van der Waals surface area contributed by atoms with Crippen LogP contribution in [0.25, 0.3) is 5.69 Å². The van der Waals surface area contributed by atoms with Gasteiger partial charge in [0.25, 0.3) is 0 Å². The van der Waals surface area contributed by atoms with Crippen molar-refractivity contribution in [3.8, 4) is 11.8 Å². The molecule has 2 heterocycles. The highest BCUT2D eigenvalue weighted by molar-refractivity contribution is 5.65. The number of nitrogens with zero attached hydrogens (tertiary/aromatic N) is 4. The topological polar surface area (TPSA) is 92.6 Å². The van der Waals surface area contributed by atoms with Crippen molar-refractivity contribution in [1.29, 1.82) is 5.26 Å². The first-order valence-electron chi connectivity index (χ1n) is 6.20. The maximum atomic E-state index is 9.18. The van der Waals surface area contributed by atoms with E-state index in [1.807, 2.05) is 0 Å². The van der Waals surface area contributed by atoms with Crippen molar-refractivity contribution in [2.75, 3.05) is 17.6 Å². The summed E-state index contributed by atoms with van der Waals surface area (Å²) in [7, 11) is 0. The van der Waals surface area contributed by atoms with Crippen molar-refractivity contribution in [1.82, 2.24) is 14.8 Å². The summed E-state index contributed by atoms with van der Waals surface area (Å²) in [6.45, 7) is 2.88. The molecule has 0 unspecified atom stereocenters. The van der Waals surface area contributed by atoms with Crippen LogP contribution in [0, 0.1) is 11.3 Å². The van der Waals surface area contributed by atoms with Gasteiger partial charge < -0.3 is 11.1 Å². The summed E-state index contributed by atoms with van der Waals surface area (Å²) >= 11 is 0. The summed E-state index contributed by atoms with van der Waals surface area (Å²) in [5.41, 5.74) is 7.14. The Balaban J connectivity index is 2.34. The van der Waals surface area contributed by atoms with E-state index >= 15 is 0 Å². The van der Waals surface area contributed by atoms with Gasteiger partial charge in [-0.05, 0) is 18.6 Å². The molecule has 0 bridgehead atoms. The molecular weight excluding hydrogens is 240 g/mol. The third kappa shape index (κ3) is 2.65. The highest BCUT2D eigenvalue weighted by Gasteiger charge is 2.15. The van der Waals surface area contributed by atoms with Gasteiger partial charge in [0.1, 0.15) is 17.5 Å². The van der Waals surface area contributed by atoms with Gasteiger partial charge in [0.05, 0.1) is 5.69 Å². The quantitative estimate of drug-likeness (QED) is 0.797. The van der Waals surface area contributed by atoms with Crippen LogP contribution in [0.1, 0.15) is 25.3 Å². The molecule has 0 aromatic carbocycles. The average Bonchev–Trinajstić information content (AvgIpc) is 2.76. The van der Waals surface area contributed by atoms with Crippen molar-refractivity contribution in [2.45, 2.75) is 19.8 Å². The van der Waals surface area contributed by atoms with E-state index in [1.165, 1.54) is 0 Å². The van der Waals surface area contributed by atoms with Crippen LogP contribution in [0.3, 0.4) is 0 Å². The van der Waals surface area contributed by atoms with Crippen LogP contribution in [0.15, 0.2) is 24.5 Å². The van der Waals surface area contributed by atoms with Crippen molar-refractivity contribution < 1.29 is 0 Å². The number of rotatable bonds is 5. The van der Waals surface area contributed by atoms with Crippen molar-refractivity contribution in [3.05, 3.63) is 30.1 Å². The van der Waals surface area contributed by atoms with E-state index in [9.17, 15) is 5.26 Å². The summed E-state index contributed by atoms with van der Waals surface area (Å²) in [6, 6.07) is 5.68. The summed E-state index contributed by atoms with van der Waals surface area (Å²) < 4.78 is 1.55. The number of pyridine rings is 1. The molecular formula is C13H16N6. The molecule has 2 aromatic heterocycles. The predicted octanol–water partition coefficient (Wildman–Crippen LogP) is 1.93. The van der Waals surface area contributed by atoms with Gasteiger partial charge in [0.2, 0.25) is 0 Å². The maximum absolute atomic E-state index is 9.18. The highest BCUT2D eigenvalue weighted by atomic mass is 15.3. The Hall–Kier alpha value is -2.55. The van der Waals surface area contributed by atoms with Crippen molar-refractivity contribution in [2.24, 2.45) is 0 Å². The Bertz CT molecular complexity index is 581. The molecule has 0 saturated heterocycles. The summed E-state index contributed by atoms with van der Waals surface area (Å²) in [4.78, 5) is 3.95. The van der Waals surface area contributed by atoms with Crippen LogP contribution in [0.4, 0.5) is 11.6 Å². The van der Waals surface area contributed by atoms with Gasteiger partial charge >= 0.3 is 0 Å². The minimum absolute atomic E-state index is 0.340. The summed E-state index contributed by atoms with van der Waals surface area (Å²) in [6.07, 6.45) is 5.42. The van der Waals surface area contributed by atoms with Crippen LogP contribution in [0.5, 0.6) is 0 Å². The van der Waals surface area contributed by atoms with Gasteiger partial charge in [-0.25, -0.2) is 4.68 Å². The number of nitrogens with one attached hydrogen (secondary N) is 1. The number of unbranched alkanes of at least 4 members (excludes halogenated alkanes) is 1. The number of nitrogens with two attached hydrogens (primary N) is 1. The molecule has 3 N–H and O–H groups in total. The van der Waals surface area contributed by atoms with E-state index < -0.39 is 0 Å². The lowest BCUT2D eigenvalue weighted by atomic mass is 10.3. The Morgan fingerprint density at radius 1 is 1.42 bits per heavy atom. The molecule has 6 heteroatoms. The van der Waals surface area contributed by atoms with E-state index in [-0.39, 0.29) is 0 Å². The van der Waals surface area contributed by atoms with E-state index in [0.29, 0.717) is 17.2 Å². The zero-order valence-electron chi connectivity index (χ0n) is 10.8. The molecule has 0 aliphatic carbocycles. The van der Waals surface area contributed by atoms with E-state index in [0.717, 1.165) is 25.1 Å². The van der Waals surface area contributed by atoms with Crippen LogP contribution in [-0.4, -0.2) is 21.3 Å². The first-order valence-corrected chi connectivity index (χ1v) is 6.20. The molecule has 0 fully saturated rings. The van der Waals surface area contributed by atoms with Crippen LogP contribution < -0.4 is 11.1 Å². The normalized spacial score (nSPS) is 10.1. The second kappa shape index (κ2) is 5.87. The molecule has 0 aliphatic rings. The molecule has 0 radical (unpaired) electrons. The summed E-state index contributed by atoms with van der Waals surface area (Å²) in [5.74, 6) is 0.873. The average molecular weight is 256 g/mol. The van der Waals surface area contributed by atoms with Gasteiger partial charge in [-0.2, -0.15) is 5.26 Å². The molecule has 0 aliphatic heterocycles. The molecule has 2 aromatic rings. The summed E-state index contributed by atoms with van der Waals surface area (Å²) in [5, 5.41) is 16.7. The van der Waals surface area contributed by atoms with Crippen molar-refractivity contribution in [3.63, 3.8) is 0 Å². The molecule has 0 saturated carbocycles. The first kappa shape index (κ1) is 12.9. The predicted molar refractivity (Wildman–Crippen MR) is 73.9 cm³/mol. The monoisotopic (exact) mass is 256 g/mol. The molecule has 0 amide bonds. The largest absolute Gasteiger partial charge is 0.382 e. The van der Waals surface area contributed by atoms with Gasteiger partial charge in [-0.15, -0.1) is 5.10 Å². The van der Waals surface area contributed by atoms with Crippen molar-refractivity contribution >= 4 is 11.6 Å². The maximum Gasteiger partial charge on any atom is 0.168 e. The Kier molecular flexibility index (Phi) is 3.98. The number of anilines is 2. The van der Waals surface area contributed by atoms with Gasteiger partial charge in [-0.3, -0.25) is 4.98 Å². The lowest BCUT2D eigenvalue weighted by molar-refractivity contribution is 0.822. The second-order valence-electron chi connectivity index (χ2n) is 4.12. The molecule has 98 valence electrons. The Morgan fingerprint density at radius 3 is 2.79 bits per heavy atom. The van der Waals surface area contributed by atoms with Gasteiger partial charge in [0.15, 0.2) is 5.82 Å². The fraction of sp³-hybridized carbons (Fsp3) is 0.308. The molecule has 0 atom stereocenters. The van der Waals surface area contributed by atoms with Crippen LogP contribution >= 0.6 is 0 Å². The third-order valence-electron chi connectivity index (χ3n) is 2.76. The number of aromatic nitrogens is 3. The molecule has 0 spiro atoms. The van der Waals surface area contributed by atoms with Gasteiger partial charge in [-0.1, -0.05) is 13.3 Å². The number of nitrogen functional groups attached to an aromatic ring is 1. The zero-order chi connectivity index (χ0) is 13.7.